The number of nitrogens with zero attached hydrogens (tertiary/aromatic N) is 1. The van der Waals surface area contributed by atoms with Gasteiger partial charge in [0.15, 0.2) is 0 Å². The number of fused-ring (bicyclic) bond motifs is 1. The van der Waals surface area contributed by atoms with E-state index in [4.69, 9.17) is 11.5 Å². The number of hydrogen-bond donors (Lipinski definition) is 2. The van der Waals surface area contributed by atoms with Gasteiger partial charge in [-0.05, 0) is 23.6 Å². The second-order valence-corrected chi connectivity index (χ2v) is 4.15. The number of pyridine rings is 1. The van der Waals surface area contributed by atoms with Crippen LogP contribution in [0.1, 0.15) is 10.5 Å². The van der Waals surface area contributed by atoms with Gasteiger partial charge in [-0.15, -0.1) is 0 Å². The first-order chi connectivity index (χ1) is 9.68. The van der Waals surface area contributed by atoms with Crippen LogP contribution in [0.5, 0.6) is 0 Å². The Morgan fingerprint density at radius 3 is 2.20 bits per heavy atom. The van der Waals surface area contributed by atoms with Crippen LogP contribution < -0.4 is 11.5 Å². The van der Waals surface area contributed by atoms with E-state index in [2.05, 4.69) is 17.1 Å². The Balaban J connectivity index is 0.000000151. The van der Waals surface area contributed by atoms with Crippen molar-refractivity contribution in [3.63, 3.8) is 0 Å². The highest BCUT2D eigenvalue weighted by Gasteiger charge is 1.96. The molecule has 3 aromatic rings. The smallest absolute Gasteiger partial charge is 0.267 e. The van der Waals surface area contributed by atoms with Gasteiger partial charge in [-0.3, -0.25) is 9.78 Å². The second kappa shape index (κ2) is 6.33. The molecule has 1 heterocycles. The Kier molecular flexibility index (Phi) is 4.29. The summed E-state index contributed by atoms with van der Waals surface area (Å²) >= 11 is 0. The van der Waals surface area contributed by atoms with Crippen LogP contribution in [-0.4, -0.2) is 10.9 Å². The number of benzene rings is 2. The molecule has 0 unspecified atom stereocenters. The standard InChI is InChI=1S/C10H9N.C6H6N2O/c11-10-7-3-5-8-4-1-2-6-9(8)10;7-6(9)5-3-1-2-4-8-5/h1-7H,11H2;1-4H,(H2,7,9). The van der Waals surface area contributed by atoms with Crippen molar-refractivity contribution in [3.8, 4) is 0 Å². The number of nitrogens with two attached hydrogens (primary N) is 2. The van der Waals surface area contributed by atoms with Crippen LogP contribution in [0.3, 0.4) is 0 Å². The number of hydrogen-bond acceptors (Lipinski definition) is 3. The minimum absolute atomic E-state index is 0.303. The molecule has 0 saturated carbocycles. The predicted molar refractivity (Wildman–Crippen MR) is 81.1 cm³/mol. The Morgan fingerprint density at radius 1 is 0.900 bits per heavy atom. The van der Waals surface area contributed by atoms with Gasteiger partial charge < -0.3 is 11.5 Å². The molecule has 4 nitrogen and oxygen atoms in total. The SMILES string of the molecule is NC(=O)c1ccccn1.Nc1cccc2ccccc12. The fourth-order valence-electron chi connectivity index (χ4n) is 1.76. The number of anilines is 1. The molecule has 100 valence electrons. The van der Waals surface area contributed by atoms with Crippen molar-refractivity contribution in [2.24, 2.45) is 5.73 Å². The second-order valence-electron chi connectivity index (χ2n) is 4.15. The third-order valence-electron chi connectivity index (χ3n) is 2.74. The molecule has 3 rings (SSSR count). The number of aromatic nitrogens is 1. The van der Waals surface area contributed by atoms with Gasteiger partial charge in [-0.2, -0.15) is 0 Å². The zero-order valence-corrected chi connectivity index (χ0v) is 10.9. The normalized spacial score (nSPS) is 9.60. The molecular formula is C16H15N3O. The number of nitrogen functional groups attached to an aromatic ring is 1. The van der Waals surface area contributed by atoms with Crippen LogP contribution >= 0.6 is 0 Å². The molecule has 0 fully saturated rings. The van der Waals surface area contributed by atoms with Crippen molar-refractivity contribution in [2.45, 2.75) is 0 Å². The van der Waals surface area contributed by atoms with E-state index in [1.165, 1.54) is 11.6 Å². The largest absolute Gasteiger partial charge is 0.398 e. The Morgan fingerprint density at radius 2 is 1.60 bits per heavy atom. The first-order valence-electron chi connectivity index (χ1n) is 6.12. The van der Waals surface area contributed by atoms with E-state index >= 15 is 0 Å². The van der Waals surface area contributed by atoms with E-state index in [0.29, 0.717) is 5.69 Å². The molecule has 4 N–H and O–H groups in total. The summed E-state index contributed by atoms with van der Waals surface area (Å²) in [5, 5.41) is 2.34. The highest BCUT2D eigenvalue weighted by atomic mass is 16.1. The third kappa shape index (κ3) is 3.32. The quantitative estimate of drug-likeness (QED) is 0.663. The molecule has 0 radical (unpaired) electrons. The van der Waals surface area contributed by atoms with Crippen molar-refractivity contribution in [1.82, 2.24) is 4.98 Å². The summed E-state index contributed by atoms with van der Waals surface area (Å²) in [4.78, 5) is 14.1. The van der Waals surface area contributed by atoms with Gasteiger partial charge in [0.2, 0.25) is 0 Å². The maximum Gasteiger partial charge on any atom is 0.267 e. The average molecular weight is 265 g/mol. The van der Waals surface area contributed by atoms with Crippen molar-refractivity contribution in [1.29, 1.82) is 0 Å². The topological polar surface area (TPSA) is 82.0 Å². The summed E-state index contributed by atoms with van der Waals surface area (Å²) in [5.41, 5.74) is 11.8. The van der Waals surface area contributed by atoms with Gasteiger partial charge >= 0.3 is 0 Å². The molecular weight excluding hydrogens is 250 g/mol. The lowest BCUT2D eigenvalue weighted by Gasteiger charge is -1.98. The molecule has 0 bridgehead atoms. The first kappa shape index (κ1) is 13.5. The predicted octanol–water partition coefficient (Wildman–Crippen LogP) is 2.60. The molecule has 4 heteroatoms. The molecule has 2 aromatic carbocycles. The molecule has 0 saturated heterocycles. The van der Waals surface area contributed by atoms with Gasteiger partial charge in [0, 0.05) is 17.3 Å². The zero-order valence-electron chi connectivity index (χ0n) is 10.9. The summed E-state index contributed by atoms with van der Waals surface area (Å²) in [6.07, 6.45) is 1.53. The minimum atomic E-state index is -0.490. The summed E-state index contributed by atoms with van der Waals surface area (Å²) in [7, 11) is 0. The number of primary amides is 1. The third-order valence-corrected chi connectivity index (χ3v) is 2.74. The highest BCUT2D eigenvalue weighted by molar-refractivity contribution is 5.92. The van der Waals surface area contributed by atoms with Crippen molar-refractivity contribution in [3.05, 3.63) is 72.6 Å². The van der Waals surface area contributed by atoms with Crippen molar-refractivity contribution >= 4 is 22.4 Å². The van der Waals surface area contributed by atoms with Gasteiger partial charge in [0.05, 0.1) is 0 Å². The Bertz CT molecular complexity index is 706. The van der Waals surface area contributed by atoms with E-state index in [-0.39, 0.29) is 0 Å². The monoisotopic (exact) mass is 265 g/mol. The minimum Gasteiger partial charge on any atom is -0.398 e. The first-order valence-corrected chi connectivity index (χ1v) is 6.12. The molecule has 1 aromatic heterocycles. The number of rotatable bonds is 1. The van der Waals surface area contributed by atoms with Crippen LogP contribution in [0.4, 0.5) is 5.69 Å². The fraction of sp³-hybridized carbons (Fsp3) is 0. The zero-order chi connectivity index (χ0) is 14.4. The molecule has 0 aliphatic carbocycles. The molecule has 20 heavy (non-hydrogen) atoms. The fourth-order valence-corrected chi connectivity index (χ4v) is 1.76. The molecule has 0 spiro atoms. The molecule has 1 amide bonds. The molecule has 0 atom stereocenters. The van der Waals surface area contributed by atoms with Crippen LogP contribution in [0.2, 0.25) is 0 Å². The average Bonchev–Trinajstić information content (AvgIpc) is 2.49. The van der Waals surface area contributed by atoms with Crippen molar-refractivity contribution in [2.75, 3.05) is 5.73 Å². The maximum absolute atomic E-state index is 10.4. The lowest BCUT2D eigenvalue weighted by atomic mass is 10.1. The molecule has 0 aliphatic heterocycles. The summed E-state index contributed by atoms with van der Waals surface area (Å²) < 4.78 is 0. The van der Waals surface area contributed by atoms with E-state index in [9.17, 15) is 4.79 Å². The van der Waals surface area contributed by atoms with Gasteiger partial charge in [0.25, 0.3) is 5.91 Å². The van der Waals surface area contributed by atoms with Crippen LogP contribution in [-0.2, 0) is 0 Å². The van der Waals surface area contributed by atoms with Gasteiger partial charge in [0.1, 0.15) is 5.69 Å². The van der Waals surface area contributed by atoms with Crippen molar-refractivity contribution < 1.29 is 4.79 Å². The van der Waals surface area contributed by atoms with E-state index < -0.39 is 5.91 Å². The van der Waals surface area contributed by atoms with Gasteiger partial charge in [-0.25, -0.2) is 0 Å². The summed E-state index contributed by atoms with van der Waals surface area (Å²) in [5.74, 6) is -0.490. The summed E-state index contributed by atoms with van der Waals surface area (Å²) in [6, 6.07) is 19.1. The van der Waals surface area contributed by atoms with Crippen LogP contribution in [0, 0.1) is 0 Å². The van der Waals surface area contributed by atoms with E-state index in [1.807, 2.05) is 30.3 Å². The number of carbonyl (C=O) groups is 1. The number of carbonyl (C=O) groups excluding carboxylic acids is 1. The van der Waals surface area contributed by atoms with Gasteiger partial charge in [-0.1, -0.05) is 42.5 Å². The number of amides is 1. The molecule has 0 aliphatic rings. The summed E-state index contributed by atoms with van der Waals surface area (Å²) in [6.45, 7) is 0. The highest BCUT2D eigenvalue weighted by Crippen LogP contribution is 2.19. The maximum atomic E-state index is 10.4. The van der Waals surface area contributed by atoms with Crippen LogP contribution in [0.15, 0.2) is 66.9 Å². The lowest BCUT2D eigenvalue weighted by molar-refractivity contribution is 0.0995. The Hall–Kier alpha value is -2.88. The van der Waals surface area contributed by atoms with E-state index in [0.717, 1.165) is 11.1 Å². The van der Waals surface area contributed by atoms with E-state index in [1.54, 1.807) is 18.2 Å². The lowest BCUT2D eigenvalue weighted by Crippen LogP contribution is -2.12. The Labute approximate surface area is 117 Å². The van der Waals surface area contributed by atoms with Crippen LogP contribution in [0.25, 0.3) is 10.8 Å².